The van der Waals surface area contributed by atoms with Crippen LogP contribution in [0, 0.1) is 0 Å². The van der Waals surface area contributed by atoms with Crippen molar-refractivity contribution in [2.45, 2.75) is 88.7 Å². The zero-order valence-corrected chi connectivity index (χ0v) is 21.4. The van der Waals surface area contributed by atoms with Gasteiger partial charge in [-0.25, -0.2) is 9.59 Å². The van der Waals surface area contributed by atoms with Crippen molar-refractivity contribution in [2.75, 3.05) is 19.5 Å². The number of nitrogens with zero attached hydrogens (tertiary/aromatic N) is 1. The van der Waals surface area contributed by atoms with E-state index in [1.54, 1.807) is 25.7 Å². The molecule has 2 heterocycles. The number of alkyl carbamates (subject to hydrolysis) is 1. The lowest BCUT2D eigenvalue weighted by Gasteiger charge is -2.39. The number of thioether (sulfide) groups is 1. The van der Waals surface area contributed by atoms with Crippen molar-refractivity contribution in [3.8, 4) is 0 Å². The summed E-state index contributed by atoms with van der Waals surface area (Å²) in [5, 5.41) is 2.53. The monoisotopic (exact) mass is 460 g/mol. The summed E-state index contributed by atoms with van der Waals surface area (Å²) in [7, 11) is -0.877. The molecule has 0 aliphatic carbocycles. The minimum Gasteiger partial charge on any atom is -0.467 e. The van der Waals surface area contributed by atoms with Gasteiger partial charge >= 0.3 is 12.1 Å². The van der Waals surface area contributed by atoms with Gasteiger partial charge in [0.1, 0.15) is 17.2 Å². The van der Waals surface area contributed by atoms with Crippen LogP contribution in [0.25, 0.3) is 0 Å². The molecule has 2 amide bonds. The molecule has 0 spiro atoms. The van der Waals surface area contributed by atoms with Gasteiger partial charge in [-0.3, -0.25) is 4.79 Å². The average molecular weight is 461 g/mol. The summed E-state index contributed by atoms with van der Waals surface area (Å²) in [6.07, 6.45) is -0.326. The summed E-state index contributed by atoms with van der Waals surface area (Å²) in [6.45, 7) is 15.9. The Balaban J connectivity index is 2.32. The van der Waals surface area contributed by atoms with Gasteiger partial charge in [-0.2, -0.15) is 0 Å². The number of amides is 2. The quantitative estimate of drug-likeness (QED) is 0.497. The number of carbonyl (C=O) groups excluding carboxylic acids is 3. The molecule has 2 aliphatic heterocycles. The highest BCUT2D eigenvalue weighted by Crippen LogP contribution is 2.44. The molecular formula is C20H36N2O6SSi. The van der Waals surface area contributed by atoms with Gasteiger partial charge in [0.05, 0.1) is 19.1 Å². The van der Waals surface area contributed by atoms with Crippen molar-refractivity contribution in [1.29, 1.82) is 0 Å². The molecule has 30 heavy (non-hydrogen) atoms. The molecule has 3 atom stereocenters. The molecular weight excluding hydrogens is 424 g/mol. The van der Waals surface area contributed by atoms with E-state index in [1.165, 1.54) is 18.9 Å². The fourth-order valence-corrected chi connectivity index (χ4v) is 5.77. The van der Waals surface area contributed by atoms with Crippen LogP contribution in [0.4, 0.5) is 4.79 Å². The summed E-state index contributed by atoms with van der Waals surface area (Å²) in [5.74, 6) is -0.288. The van der Waals surface area contributed by atoms with E-state index >= 15 is 0 Å². The van der Waals surface area contributed by atoms with Crippen molar-refractivity contribution in [2.24, 2.45) is 0 Å². The normalized spacial score (nSPS) is 27.1. The predicted molar refractivity (Wildman–Crippen MR) is 119 cm³/mol. The highest BCUT2D eigenvalue weighted by atomic mass is 32.2. The van der Waals surface area contributed by atoms with Crippen molar-refractivity contribution >= 4 is 38.0 Å². The van der Waals surface area contributed by atoms with Gasteiger partial charge in [-0.05, 0) is 38.9 Å². The molecule has 0 aromatic carbocycles. The number of hydrogen-bond acceptors (Lipinski definition) is 7. The van der Waals surface area contributed by atoms with Crippen LogP contribution < -0.4 is 5.32 Å². The smallest absolute Gasteiger partial charge is 0.408 e. The molecule has 0 saturated carbocycles. The number of hydrogen-bond donors (Lipinski definition) is 1. The first-order chi connectivity index (χ1) is 13.5. The maximum atomic E-state index is 13.6. The highest BCUT2D eigenvalue weighted by molar-refractivity contribution is 8.00. The van der Waals surface area contributed by atoms with E-state index in [4.69, 9.17) is 13.9 Å². The number of ether oxygens (including phenoxy) is 2. The largest absolute Gasteiger partial charge is 0.467 e. The van der Waals surface area contributed by atoms with Crippen molar-refractivity contribution in [3.63, 3.8) is 0 Å². The summed E-state index contributed by atoms with van der Waals surface area (Å²) in [6, 6.07) is -0.660. The van der Waals surface area contributed by atoms with Crippen molar-refractivity contribution in [3.05, 3.63) is 0 Å². The Morgan fingerprint density at radius 1 is 1.23 bits per heavy atom. The number of esters is 1. The van der Waals surface area contributed by atoms with Crippen LogP contribution in [0.2, 0.25) is 18.1 Å². The number of rotatable bonds is 5. The lowest BCUT2D eigenvalue weighted by Crippen LogP contribution is -2.61. The maximum absolute atomic E-state index is 13.6. The summed E-state index contributed by atoms with van der Waals surface area (Å²) in [4.78, 5) is 40.0. The number of methoxy groups -OCH3 is 1. The van der Waals surface area contributed by atoms with E-state index in [2.05, 4.69) is 39.2 Å². The Morgan fingerprint density at radius 2 is 1.83 bits per heavy atom. The second-order valence-electron chi connectivity index (χ2n) is 10.5. The van der Waals surface area contributed by atoms with Crippen LogP contribution in [0.15, 0.2) is 0 Å². The predicted octanol–water partition coefficient (Wildman–Crippen LogP) is 3.12. The molecule has 2 saturated heterocycles. The second-order valence-corrected chi connectivity index (χ2v) is 16.5. The lowest BCUT2D eigenvalue weighted by molar-refractivity contribution is -0.151. The highest BCUT2D eigenvalue weighted by Gasteiger charge is 2.60. The van der Waals surface area contributed by atoms with Gasteiger partial charge in [-0.15, -0.1) is 11.8 Å². The molecule has 8 nitrogen and oxygen atoms in total. The summed E-state index contributed by atoms with van der Waals surface area (Å²) >= 11 is 1.52. The van der Waals surface area contributed by atoms with E-state index < -0.39 is 37.6 Å². The van der Waals surface area contributed by atoms with E-state index in [-0.39, 0.29) is 22.9 Å². The zero-order valence-electron chi connectivity index (χ0n) is 19.6. The van der Waals surface area contributed by atoms with E-state index in [0.717, 1.165) is 0 Å². The molecule has 0 aromatic rings. The summed E-state index contributed by atoms with van der Waals surface area (Å²) in [5.41, 5.74) is -1.98. The minimum absolute atomic E-state index is 0.0447. The molecule has 2 rings (SSSR count). The molecule has 172 valence electrons. The van der Waals surface area contributed by atoms with Crippen LogP contribution in [-0.4, -0.2) is 73.2 Å². The second kappa shape index (κ2) is 8.35. The molecule has 2 aliphatic rings. The molecule has 1 N–H and O–H groups in total. The van der Waals surface area contributed by atoms with E-state index in [9.17, 15) is 14.4 Å². The minimum atomic E-state index is -2.19. The third-order valence-corrected chi connectivity index (χ3v) is 11.7. The number of fused-ring (bicyclic) bond motifs is 1. The van der Waals surface area contributed by atoms with Gasteiger partial charge in [-0.1, -0.05) is 20.8 Å². The molecule has 0 unspecified atom stereocenters. The number of nitrogens with one attached hydrogen (secondary N) is 1. The standard InChI is InChI=1S/C20H36N2O6SSi/c1-18(2,3)28-17(25)21-20(12-27-30(8,9)19(4,5)6)10-14-22(16(20)24)13(11-29-14)15(23)26-7/h13-14H,10-12H2,1-9H3,(H,21,25)/t13-,14+,20-/m0/s1. The van der Waals surface area contributed by atoms with Crippen LogP contribution in [-0.2, 0) is 23.5 Å². The Bertz CT molecular complexity index is 702. The maximum Gasteiger partial charge on any atom is 0.408 e. The Labute approximate surface area is 184 Å². The van der Waals surface area contributed by atoms with E-state index in [0.29, 0.717) is 12.2 Å². The van der Waals surface area contributed by atoms with Crippen LogP contribution in [0.1, 0.15) is 48.0 Å². The van der Waals surface area contributed by atoms with Crippen molar-refractivity contribution in [1.82, 2.24) is 10.2 Å². The Hall–Kier alpha value is -1.26. The zero-order chi connectivity index (χ0) is 23.1. The van der Waals surface area contributed by atoms with Gasteiger partial charge in [0.25, 0.3) is 5.91 Å². The topological polar surface area (TPSA) is 94.2 Å². The van der Waals surface area contributed by atoms with Gasteiger partial charge < -0.3 is 24.1 Å². The molecule has 10 heteroatoms. The average Bonchev–Trinajstić information content (AvgIpc) is 3.09. The van der Waals surface area contributed by atoms with Crippen LogP contribution >= 0.6 is 11.8 Å². The third kappa shape index (κ3) is 5.13. The first-order valence-electron chi connectivity index (χ1n) is 10.2. The lowest BCUT2D eigenvalue weighted by atomic mass is 9.99. The summed E-state index contributed by atoms with van der Waals surface area (Å²) < 4.78 is 16.7. The fourth-order valence-electron chi connectivity index (χ4n) is 3.22. The first-order valence-corrected chi connectivity index (χ1v) is 14.2. The van der Waals surface area contributed by atoms with Gasteiger partial charge in [0.15, 0.2) is 8.32 Å². The van der Waals surface area contributed by atoms with Crippen molar-refractivity contribution < 1.29 is 28.3 Å². The first kappa shape index (κ1) is 25.0. The molecule has 0 aromatic heterocycles. The fraction of sp³-hybridized carbons (Fsp3) is 0.850. The molecule has 2 fully saturated rings. The Morgan fingerprint density at radius 3 is 2.33 bits per heavy atom. The van der Waals surface area contributed by atoms with E-state index in [1.807, 2.05) is 0 Å². The van der Waals surface area contributed by atoms with Crippen LogP contribution in [0.5, 0.6) is 0 Å². The Kier molecular flexibility index (Phi) is 6.96. The third-order valence-electron chi connectivity index (χ3n) is 5.96. The molecule has 0 radical (unpaired) electrons. The number of carbonyl (C=O) groups is 3. The molecule has 0 bridgehead atoms. The van der Waals surface area contributed by atoms with Gasteiger partial charge in [0, 0.05) is 12.2 Å². The van der Waals surface area contributed by atoms with Gasteiger partial charge in [0.2, 0.25) is 0 Å². The van der Waals surface area contributed by atoms with Crippen LogP contribution in [0.3, 0.4) is 0 Å². The SMILES string of the molecule is COC(=O)[C@@H]1CS[C@@H]2C[C@@](CO[Si](C)(C)C(C)(C)C)(NC(=O)OC(C)(C)C)C(=O)N21.